The summed E-state index contributed by atoms with van der Waals surface area (Å²) >= 11 is 0. The van der Waals surface area contributed by atoms with Crippen molar-refractivity contribution in [1.82, 2.24) is 15.5 Å². The van der Waals surface area contributed by atoms with Crippen molar-refractivity contribution in [2.75, 3.05) is 19.7 Å². The highest BCUT2D eigenvalue weighted by atomic mass is 16.6. The Morgan fingerprint density at radius 2 is 1.50 bits per heavy atom. The molecular weight excluding hydrogens is 654 g/mol. The predicted octanol–water partition coefficient (Wildman–Crippen LogP) is 7.45. The van der Waals surface area contributed by atoms with Crippen LogP contribution in [-0.4, -0.2) is 59.3 Å². The minimum absolute atomic E-state index is 0.167. The quantitative estimate of drug-likeness (QED) is 0.0977. The number of rotatable bonds is 15. The Bertz CT molecular complexity index is 1960. The van der Waals surface area contributed by atoms with Crippen LogP contribution in [0.3, 0.4) is 0 Å². The van der Waals surface area contributed by atoms with Gasteiger partial charge in [0.05, 0.1) is 6.61 Å². The van der Waals surface area contributed by atoms with Crippen LogP contribution in [-0.2, 0) is 28.9 Å². The standard InChI is InChI=1S/C43H47N3O6/c1-43(2,3)52-42(50)44-30-32-13-11-17-36(28-32)40(48)45-38(29-31-21-22-33-14-7-8-16-35(33)27-31)41(49)46(25-23-34-15-9-10-20-39(34)47)24-12-26-51-37-18-5-4-6-19-37/h4-11,13-22,27-28,38,47H,12,23-26,29-30H2,1-3H3,(H,44,50)(H,45,48). The van der Waals surface area contributed by atoms with Gasteiger partial charge in [0, 0.05) is 31.6 Å². The zero-order valence-electron chi connectivity index (χ0n) is 30.0. The topological polar surface area (TPSA) is 117 Å². The number of nitrogens with one attached hydrogen (secondary N) is 2. The molecular formula is C43H47N3O6. The minimum Gasteiger partial charge on any atom is -0.508 e. The van der Waals surface area contributed by atoms with Crippen LogP contribution in [0.2, 0.25) is 0 Å². The van der Waals surface area contributed by atoms with Crippen LogP contribution >= 0.6 is 0 Å². The number of para-hydroxylation sites is 2. The van der Waals surface area contributed by atoms with Gasteiger partial charge in [-0.1, -0.05) is 91.0 Å². The molecule has 0 aliphatic heterocycles. The molecule has 0 saturated heterocycles. The Labute approximate surface area is 305 Å². The average Bonchev–Trinajstić information content (AvgIpc) is 3.13. The SMILES string of the molecule is CC(C)(C)OC(=O)NCc1cccc(C(=O)NC(Cc2ccc3ccccc3c2)C(=O)N(CCCOc2ccccc2)CCc2ccccc2O)c1. The molecule has 9 heteroatoms. The zero-order valence-corrected chi connectivity index (χ0v) is 30.0. The summed E-state index contributed by atoms with van der Waals surface area (Å²) in [5, 5.41) is 18.4. The fourth-order valence-electron chi connectivity index (χ4n) is 5.85. The van der Waals surface area contributed by atoms with Gasteiger partial charge in [-0.2, -0.15) is 0 Å². The summed E-state index contributed by atoms with van der Waals surface area (Å²) < 4.78 is 11.3. The molecule has 0 spiro atoms. The maximum absolute atomic E-state index is 14.6. The van der Waals surface area contributed by atoms with Gasteiger partial charge in [0.1, 0.15) is 23.1 Å². The van der Waals surface area contributed by atoms with Crippen LogP contribution < -0.4 is 15.4 Å². The molecule has 5 aromatic rings. The van der Waals surface area contributed by atoms with Crippen LogP contribution in [0.5, 0.6) is 11.5 Å². The van der Waals surface area contributed by atoms with Crippen LogP contribution in [0, 0.1) is 0 Å². The van der Waals surface area contributed by atoms with Crippen LogP contribution in [0.15, 0.2) is 121 Å². The van der Waals surface area contributed by atoms with Crippen LogP contribution in [0.25, 0.3) is 10.8 Å². The van der Waals surface area contributed by atoms with E-state index in [0.717, 1.165) is 27.6 Å². The summed E-state index contributed by atoms with van der Waals surface area (Å²) in [6, 6.07) is 36.7. The van der Waals surface area contributed by atoms with Crippen molar-refractivity contribution in [2.45, 2.75) is 58.2 Å². The van der Waals surface area contributed by atoms with E-state index in [1.807, 2.05) is 91.0 Å². The molecule has 1 unspecified atom stereocenters. The number of aromatic hydroxyl groups is 1. The van der Waals surface area contributed by atoms with Gasteiger partial charge < -0.3 is 30.1 Å². The first kappa shape index (κ1) is 37.4. The van der Waals surface area contributed by atoms with Gasteiger partial charge in [0.15, 0.2) is 0 Å². The first-order valence-electron chi connectivity index (χ1n) is 17.6. The fourth-order valence-corrected chi connectivity index (χ4v) is 5.85. The number of nitrogens with zero attached hydrogens (tertiary/aromatic N) is 1. The van der Waals surface area contributed by atoms with Crippen molar-refractivity contribution in [2.24, 2.45) is 0 Å². The third kappa shape index (κ3) is 11.3. The second kappa shape index (κ2) is 17.9. The number of hydrogen-bond donors (Lipinski definition) is 3. The molecule has 0 aliphatic carbocycles. The summed E-state index contributed by atoms with van der Waals surface area (Å²) in [4.78, 5) is 42.4. The van der Waals surface area contributed by atoms with E-state index in [4.69, 9.17) is 9.47 Å². The van der Waals surface area contributed by atoms with E-state index in [2.05, 4.69) is 10.6 Å². The van der Waals surface area contributed by atoms with E-state index in [1.165, 1.54) is 0 Å². The van der Waals surface area contributed by atoms with E-state index in [-0.39, 0.29) is 24.6 Å². The number of phenolic OH excluding ortho intramolecular Hbond substituents is 1. The molecule has 0 aromatic heterocycles. The lowest BCUT2D eigenvalue weighted by Crippen LogP contribution is -2.50. The second-order valence-electron chi connectivity index (χ2n) is 13.7. The van der Waals surface area contributed by atoms with Gasteiger partial charge >= 0.3 is 6.09 Å². The smallest absolute Gasteiger partial charge is 0.407 e. The van der Waals surface area contributed by atoms with Gasteiger partial charge in [0.2, 0.25) is 5.91 Å². The van der Waals surface area contributed by atoms with Gasteiger partial charge in [-0.05, 0) is 91.4 Å². The highest BCUT2D eigenvalue weighted by molar-refractivity contribution is 5.98. The zero-order chi connectivity index (χ0) is 36.9. The predicted molar refractivity (Wildman–Crippen MR) is 203 cm³/mol. The molecule has 0 radical (unpaired) electrons. The number of ether oxygens (including phenoxy) is 2. The Hall–Kier alpha value is -5.83. The normalized spacial score (nSPS) is 11.8. The van der Waals surface area contributed by atoms with Crippen molar-refractivity contribution in [1.29, 1.82) is 0 Å². The summed E-state index contributed by atoms with van der Waals surface area (Å²) in [5.74, 6) is 0.273. The average molecular weight is 702 g/mol. The molecule has 52 heavy (non-hydrogen) atoms. The van der Waals surface area contributed by atoms with E-state index in [1.54, 1.807) is 56.0 Å². The number of carbonyl (C=O) groups excluding carboxylic acids is 3. The fraction of sp³-hybridized carbons (Fsp3) is 0.279. The Morgan fingerprint density at radius 1 is 0.769 bits per heavy atom. The third-order valence-electron chi connectivity index (χ3n) is 8.42. The van der Waals surface area contributed by atoms with E-state index >= 15 is 0 Å². The summed E-state index contributed by atoms with van der Waals surface area (Å²) in [6.45, 7) is 6.65. The van der Waals surface area contributed by atoms with Crippen LogP contribution in [0.4, 0.5) is 4.79 Å². The molecule has 0 saturated carbocycles. The number of amides is 3. The lowest BCUT2D eigenvalue weighted by Gasteiger charge is -2.28. The highest BCUT2D eigenvalue weighted by Gasteiger charge is 2.27. The number of carbonyl (C=O) groups is 3. The molecule has 270 valence electrons. The van der Waals surface area contributed by atoms with Crippen molar-refractivity contribution in [3.8, 4) is 11.5 Å². The van der Waals surface area contributed by atoms with Crippen molar-refractivity contribution in [3.63, 3.8) is 0 Å². The number of alkyl carbamates (subject to hydrolysis) is 1. The van der Waals surface area contributed by atoms with Crippen molar-refractivity contribution in [3.05, 3.63) is 144 Å². The Balaban J connectivity index is 1.36. The summed E-state index contributed by atoms with van der Waals surface area (Å²) in [7, 11) is 0. The van der Waals surface area contributed by atoms with Crippen molar-refractivity contribution >= 4 is 28.7 Å². The molecule has 0 aliphatic rings. The monoisotopic (exact) mass is 701 g/mol. The number of benzene rings is 5. The number of fused-ring (bicyclic) bond motifs is 1. The van der Waals surface area contributed by atoms with E-state index in [0.29, 0.717) is 43.7 Å². The number of hydrogen-bond acceptors (Lipinski definition) is 6. The van der Waals surface area contributed by atoms with Gasteiger partial charge in [-0.15, -0.1) is 0 Å². The molecule has 3 amide bonds. The highest BCUT2D eigenvalue weighted by Crippen LogP contribution is 2.20. The lowest BCUT2D eigenvalue weighted by molar-refractivity contribution is -0.133. The van der Waals surface area contributed by atoms with Gasteiger partial charge in [-0.25, -0.2) is 4.79 Å². The minimum atomic E-state index is -0.892. The molecule has 0 heterocycles. The first-order chi connectivity index (χ1) is 25.0. The molecule has 1 atom stereocenters. The molecule has 0 fully saturated rings. The maximum Gasteiger partial charge on any atom is 0.407 e. The second-order valence-corrected chi connectivity index (χ2v) is 13.7. The Kier molecular flexibility index (Phi) is 12.9. The molecule has 3 N–H and O–H groups in total. The first-order valence-corrected chi connectivity index (χ1v) is 17.6. The summed E-state index contributed by atoms with van der Waals surface area (Å²) in [6.07, 6.45) is 0.705. The maximum atomic E-state index is 14.6. The molecule has 5 aromatic carbocycles. The van der Waals surface area contributed by atoms with Crippen LogP contribution in [0.1, 0.15) is 54.2 Å². The molecule has 9 nitrogen and oxygen atoms in total. The Morgan fingerprint density at radius 3 is 2.27 bits per heavy atom. The third-order valence-corrected chi connectivity index (χ3v) is 8.42. The lowest BCUT2D eigenvalue weighted by atomic mass is 10.00. The van der Waals surface area contributed by atoms with Gasteiger partial charge in [0.25, 0.3) is 5.91 Å². The van der Waals surface area contributed by atoms with E-state index in [9.17, 15) is 19.5 Å². The largest absolute Gasteiger partial charge is 0.508 e. The number of phenols is 1. The molecule has 0 bridgehead atoms. The van der Waals surface area contributed by atoms with Gasteiger partial charge in [-0.3, -0.25) is 9.59 Å². The molecule has 5 rings (SSSR count). The van der Waals surface area contributed by atoms with Crippen molar-refractivity contribution < 1.29 is 29.0 Å². The van der Waals surface area contributed by atoms with E-state index < -0.39 is 23.6 Å². The summed E-state index contributed by atoms with van der Waals surface area (Å²) in [5.41, 5.74) is 2.06.